The van der Waals surface area contributed by atoms with Gasteiger partial charge in [-0.25, -0.2) is 0 Å². The number of para-hydroxylation sites is 1. The van der Waals surface area contributed by atoms with Crippen molar-refractivity contribution < 1.29 is 13.2 Å². The van der Waals surface area contributed by atoms with E-state index in [9.17, 15) is 13.2 Å². The lowest BCUT2D eigenvalue weighted by atomic mass is 10.2. The zero-order valence-electron chi connectivity index (χ0n) is 11.7. The van der Waals surface area contributed by atoms with Gasteiger partial charge in [0.25, 0.3) is 10.2 Å². The molecule has 1 heterocycles. The van der Waals surface area contributed by atoms with Crippen LogP contribution in [0.1, 0.15) is 0 Å². The van der Waals surface area contributed by atoms with Crippen molar-refractivity contribution in [2.45, 2.75) is 0 Å². The highest BCUT2D eigenvalue weighted by Gasteiger charge is 2.15. The lowest BCUT2D eigenvalue weighted by molar-refractivity contribution is -0.115. The monoisotopic (exact) mass is 308 g/mol. The number of nitrogens with zero attached hydrogens (tertiary/aromatic N) is 2. The van der Waals surface area contributed by atoms with Crippen molar-refractivity contribution in [1.82, 2.24) is 14.0 Å². The highest BCUT2D eigenvalue weighted by molar-refractivity contribution is 7.87. The Morgan fingerprint density at radius 2 is 1.95 bits per heavy atom. The number of benzene rings is 1. The molecule has 0 aliphatic rings. The van der Waals surface area contributed by atoms with Gasteiger partial charge in [0, 0.05) is 25.7 Å². The van der Waals surface area contributed by atoms with Crippen LogP contribution in [0.25, 0.3) is 10.9 Å². The Morgan fingerprint density at radius 3 is 2.67 bits per heavy atom. The van der Waals surface area contributed by atoms with E-state index in [0.29, 0.717) is 11.2 Å². The van der Waals surface area contributed by atoms with Crippen LogP contribution in [0.4, 0.5) is 5.69 Å². The maximum atomic E-state index is 11.8. The summed E-state index contributed by atoms with van der Waals surface area (Å²) in [5.41, 5.74) is 1.20. The van der Waals surface area contributed by atoms with E-state index in [-0.39, 0.29) is 6.54 Å². The van der Waals surface area contributed by atoms with Crippen LogP contribution in [0.3, 0.4) is 0 Å². The number of aromatic nitrogens is 1. The molecule has 0 radical (unpaired) electrons. The van der Waals surface area contributed by atoms with Gasteiger partial charge in [0.15, 0.2) is 0 Å². The maximum absolute atomic E-state index is 11.8. The Morgan fingerprint density at radius 1 is 1.24 bits per heavy atom. The van der Waals surface area contributed by atoms with Crippen LogP contribution in [0.2, 0.25) is 0 Å². The van der Waals surface area contributed by atoms with Crippen molar-refractivity contribution >= 4 is 32.7 Å². The standard InChI is InChI=1S/C13H16N4O3S/c1-17(2)21(19,20)15-9-12(18)16-11-7-3-5-10-6-4-8-14-13(10)11/h3-8,15H,9H2,1-2H3,(H,16,18). The first kappa shape index (κ1) is 15.4. The first-order chi connectivity index (χ1) is 9.90. The second kappa shape index (κ2) is 6.17. The van der Waals surface area contributed by atoms with E-state index in [1.165, 1.54) is 14.1 Å². The number of pyridine rings is 1. The fourth-order valence-corrected chi connectivity index (χ4v) is 2.26. The Balaban J connectivity index is 2.09. The molecular weight excluding hydrogens is 292 g/mol. The molecule has 1 amide bonds. The van der Waals surface area contributed by atoms with E-state index in [2.05, 4.69) is 15.0 Å². The van der Waals surface area contributed by atoms with E-state index >= 15 is 0 Å². The van der Waals surface area contributed by atoms with E-state index < -0.39 is 16.1 Å². The molecule has 0 aliphatic heterocycles. The van der Waals surface area contributed by atoms with Crippen LogP contribution in [0.15, 0.2) is 36.5 Å². The van der Waals surface area contributed by atoms with Crippen molar-refractivity contribution in [2.75, 3.05) is 26.0 Å². The molecule has 8 heteroatoms. The molecule has 2 N–H and O–H groups in total. The highest BCUT2D eigenvalue weighted by Crippen LogP contribution is 2.20. The fraction of sp³-hybridized carbons (Fsp3) is 0.231. The molecule has 21 heavy (non-hydrogen) atoms. The van der Waals surface area contributed by atoms with Gasteiger partial charge in [0.1, 0.15) is 0 Å². The van der Waals surface area contributed by atoms with Crippen LogP contribution in [-0.4, -0.2) is 44.3 Å². The number of rotatable bonds is 5. The molecule has 0 unspecified atom stereocenters. The van der Waals surface area contributed by atoms with Gasteiger partial charge in [-0.1, -0.05) is 18.2 Å². The van der Waals surface area contributed by atoms with Gasteiger partial charge in [-0.3, -0.25) is 9.78 Å². The predicted molar refractivity (Wildman–Crippen MR) is 81.0 cm³/mol. The first-order valence-electron chi connectivity index (χ1n) is 6.21. The molecular formula is C13H16N4O3S. The highest BCUT2D eigenvalue weighted by atomic mass is 32.2. The molecule has 0 bridgehead atoms. The first-order valence-corrected chi connectivity index (χ1v) is 7.65. The summed E-state index contributed by atoms with van der Waals surface area (Å²) in [7, 11) is -0.854. The van der Waals surface area contributed by atoms with Crippen molar-refractivity contribution in [1.29, 1.82) is 0 Å². The summed E-state index contributed by atoms with van der Waals surface area (Å²) in [5, 5.41) is 3.54. The van der Waals surface area contributed by atoms with E-state index in [1.54, 1.807) is 24.4 Å². The van der Waals surface area contributed by atoms with Crippen LogP contribution < -0.4 is 10.0 Å². The zero-order chi connectivity index (χ0) is 15.5. The molecule has 1 aromatic carbocycles. The average molecular weight is 308 g/mol. The van der Waals surface area contributed by atoms with Crippen LogP contribution in [0, 0.1) is 0 Å². The molecule has 0 saturated heterocycles. The number of carbonyl (C=O) groups excluding carboxylic acids is 1. The lowest BCUT2D eigenvalue weighted by Gasteiger charge is -2.12. The number of amides is 1. The second-order valence-corrected chi connectivity index (χ2v) is 6.51. The van der Waals surface area contributed by atoms with Crippen molar-refractivity contribution in [3.8, 4) is 0 Å². The summed E-state index contributed by atoms with van der Waals surface area (Å²) in [6.07, 6.45) is 1.63. The number of carbonyl (C=O) groups is 1. The van der Waals surface area contributed by atoms with Crippen molar-refractivity contribution in [3.05, 3.63) is 36.5 Å². The summed E-state index contributed by atoms with van der Waals surface area (Å²) in [6.45, 7) is -0.344. The van der Waals surface area contributed by atoms with Crippen LogP contribution >= 0.6 is 0 Å². The number of nitrogens with one attached hydrogen (secondary N) is 2. The van der Waals surface area contributed by atoms with Crippen molar-refractivity contribution in [2.24, 2.45) is 0 Å². The topological polar surface area (TPSA) is 91.4 Å². The summed E-state index contributed by atoms with van der Waals surface area (Å²) in [6, 6.07) is 9.08. The molecule has 1 aromatic heterocycles. The third-order valence-electron chi connectivity index (χ3n) is 2.80. The molecule has 0 atom stereocenters. The zero-order valence-corrected chi connectivity index (χ0v) is 12.5. The van der Waals surface area contributed by atoms with Crippen LogP contribution in [-0.2, 0) is 15.0 Å². The number of hydrogen-bond acceptors (Lipinski definition) is 4. The Bertz CT molecular complexity index is 754. The third kappa shape index (κ3) is 3.75. The molecule has 0 fully saturated rings. The normalized spacial score (nSPS) is 11.8. The minimum absolute atomic E-state index is 0.344. The predicted octanol–water partition coefficient (Wildman–Crippen LogP) is 0.569. The number of fused-ring (bicyclic) bond motifs is 1. The van der Waals surface area contributed by atoms with Crippen LogP contribution in [0.5, 0.6) is 0 Å². The van der Waals surface area contributed by atoms with Crippen molar-refractivity contribution in [3.63, 3.8) is 0 Å². The van der Waals surface area contributed by atoms with Gasteiger partial charge in [0.05, 0.1) is 17.7 Å². The molecule has 7 nitrogen and oxygen atoms in total. The minimum atomic E-state index is -3.62. The SMILES string of the molecule is CN(C)S(=O)(=O)NCC(=O)Nc1cccc2cccnc12. The smallest absolute Gasteiger partial charge is 0.279 e. The van der Waals surface area contributed by atoms with E-state index in [4.69, 9.17) is 0 Å². The summed E-state index contributed by atoms with van der Waals surface area (Å²) in [5.74, 6) is -0.460. The Hall–Kier alpha value is -2.03. The number of hydrogen-bond donors (Lipinski definition) is 2. The van der Waals surface area contributed by atoms with Gasteiger partial charge in [-0.2, -0.15) is 17.4 Å². The molecule has 0 aliphatic carbocycles. The summed E-state index contributed by atoms with van der Waals surface area (Å²) in [4.78, 5) is 16.1. The minimum Gasteiger partial charge on any atom is -0.323 e. The summed E-state index contributed by atoms with van der Waals surface area (Å²) >= 11 is 0. The Kier molecular flexibility index (Phi) is 4.51. The molecule has 2 rings (SSSR count). The fourth-order valence-electron chi connectivity index (χ4n) is 1.69. The van der Waals surface area contributed by atoms with Gasteiger partial charge < -0.3 is 5.32 Å². The lowest BCUT2D eigenvalue weighted by Crippen LogP contribution is -2.40. The largest absolute Gasteiger partial charge is 0.323 e. The van der Waals surface area contributed by atoms with Gasteiger partial charge >= 0.3 is 0 Å². The molecule has 0 spiro atoms. The quantitative estimate of drug-likeness (QED) is 0.845. The van der Waals surface area contributed by atoms with Gasteiger partial charge in [-0.15, -0.1) is 0 Å². The molecule has 2 aromatic rings. The molecule has 0 saturated carbocycles. The van der Waals surface area contributed by atoms with Gasteiger partial charge in [-0.05, 0) is 12.1 Å². The third-order valence-corrected chi connectivity index (χ3v) is 4.27. The van der Waals surface area contributed by atoms with E-state index in [1.807, 2.05) is 12.1 Å². The summed E-state index contributed by atoms with van der Waals surface area (Å²) < 4.78 is 26.2. The average Bonchev–Trinajstić information content (AvgIpc) is 2.45. The number of anilines is 1. The molecule has 112 valence electrons. The van der Waals surface area contributed by atoms with E-state index in [0.717, 1.165) is 9.69 Å². The van der Waals surface area contributed by atoms with Gasteiger partial charge in [0.2, 0.25) is 5.91 Å². The maximum Gasteiger partial charge on any atom is 0.279 e. The Labute approximate surface area is 123 Å². The second-order valence-electron chi connectivity index (χ2n) is 4.54.